The molecule has 3 rings (SSSR count). The Morgan fingerprint density at radius 3 is 3.06 bits per heavy atom. The van der Waals surface area contributed by atoms with Gasteiger partial charge in [0.05, 0.1) is 11.0 Å². The minimum Gasteiger partial charge on any atom is -0.399 e. The number of imidazole rings is 1. The summed E-state index contributed by atoms with van der Waals surface area (Å²) in [6, 6.07) is 5.78. The third-order valence-electron chi connectivity index (χ3n) is 3.12. The van der Waals surface area contributed by atoms with E-state index in [2.05, 4.69) is 15.3 Å². The standard InChI is InChI=1S/C12H16N4S/c13-9-1-2-10-11(5-9)16-12(15-10)17-4-3-8-6-14-7-8/h1-2,5,8,14H,3-4,6-7,13H2,(H,15,16). The molecule has 1 aliphatic rings. The number of aromatic amines is 1. The highest BCUT2D eigenvalue weighted by Gasteiger charge is 2.16. The summed E-state index contributed by atoms with van der Waals surface area (Å²) in [5.41, 5.74) is 8.53. The van der Waals surface area contributed by atoms with E-state index in [1.165, 1.54) is 19.5 Å². The Morgan fingerprint density at radius 2 is 2.29 bits per heavy atom. The van der Waals surface area contributed by atoms with E-state index in [0.29, 0.717) is 0 Å². The molecule has 1 aliphatic heterocycles. The molecule has 0 bridgehead atoms. The van der Waals surface area contributed by atoms with Crippen LogP contribution in [0.15, 0.2) is 23.4 Å². The van der Waals surface area contributed by atoms with Gasteiger partial charge >= 0.3 is 0 Å². The Labute approximate surface area is 104 Å². The zero-order valence-corrected chi connectivity index (χ0v) is 10.4. The minimum absolute atomic E-state index is 0.776. The third-order valence-corrected chi connectivity index (χ3v) is 4.02. The molecular formula is C12H16N4S. The molecule has 1 aromatic carbocycles. The van der Waals surface area contributed by atoms with E-state index >= 15 is 0 Å². The topological polar surface area (TPSA) is 66.7 Å². The number of benzene rings is 1. The molecule has 0 amide bonds. The van der Waals surface area contributed by atoms with Gasteiger partial charge in [-0.05, 0) is 43.6 Å². The molecule has 17 heavy (non-hydrogen) atoms. The zero-order chi connectivity index (χ0) is 11.7. The quantitative estimate of drug-likeness (QED) is 0.570. The van der Waals surface area contributed by atoms with Gasteiger partial charge in [0, 0.05) is 11.4 Å². The number of nitrogens with one attached hydrogen (secondary N) is 2. The summed E-state index contributed by atoms with van der Waals surface area (Å²) in [6.07, 6.45) is 1.26. The van der Waals surface area contributed by atoms with Gasteiger partial charge < -0.3 is 16.0 Å². The maximum absolute atomic E-state index is 5.74. The number of aromatic nitrogens is 2. The second-order valence-corrected chi connectivity index (χ2v) is 5.56. The van der Waals surface area contributed by atoms with Crippen molar-refractivity contribution in [1.29, 1.82) is 0 Å². The molecule has 5 heteroatoms. The first-order valence-corrected chi connectivity index (χ1v) is 6.88. The lowest BCUT2D eigenvalue weighted by Crippen LogP contribution is -2.42. The Kier molecular flexibility index (Phi) is 2.94. The van der Waals surface area contributed by atoms with E-state index in [4.69, 9.17) is 5.73 Å². The molecule has 0 atom stereocenters. The molecule has 0 radical (unpaired) electrons. The maximum Gasteiger partial charge on any atom is 0.166 e. The van der Waals surface area contributed by atoms with Crippen LogP contribution in [0, 0.1) is 5.92 Å². The molecule has 4 N–H and O–H groups in total. The molecular weight excluding hydrogens is 232 g/mol. The van der Waals surface area contributed by atoms with Crippen molar-refractivity contribution in [2.75, 3.05) is 24.6 Å². The number of nitrogen functional groups attached to an aromatic ring is 1. The molecule has 0 unspecified atom stereocenters. The van der Waals surface area contributed by atoms with E-state index < -0.39 is 0 Å². The van der Waals surface area contributed by atoms with Gasteiger partial charge in [0.25, 0.3) is 0 Å². The van der Waals surface area contributed by atoms with Gasteiger partial charge in [0.2, 0.25) is 0 Å². The van der Waals surface area contributed by atoms with Crippen LogP contribution in [0.1, 0.15) is 6.42 Å². The number of rotatable bonds is 4. The van der Waals surface area contributed by atoms with E-state index in [-0.39, 0.29) is 0 Å². The first-order chi connectivity index (χ1) is 8.31. The number of hydrogen-bond acceptors (Lipinski definition) is 4. The predicted octanol–water partition coefficient (Wildman–Crippen LogP) is 1.85. The molecule has 2 aromatic rings. The summed E-state index contributed by atoms with van der Waals surface area (Å²) in [6.45, 7) is 2.36. The average molecular weight is 248 g/mol. The van der Waals surface area contributed by atoms with Crippen LogP contribution in [0.3, 0.4) is 0 Å². The van der Waals surface area contributed by atoms with Crippen LogP contribution >= 0.6 is 11.8 Å². The SMILES string of the molecule is Nc1ccc2nc(SCCC3CNC3)[nH]c2c1. The van der Waals surface area contributed by atoms with Crippen LogP contribution in [0.25, 0.3) is 11.0 Å². The Bertz CT molecular complexity index is 518. The summed E-state index contributed by atoms with van der Waals surface area (Å²) in [5, 5.41) is 4.29. The average Bonchev–Trinajstić information content (AvgIpc) is 2.63. The molecule has 90 valence electrons. The van der Waals surface area contributed by atoms with E-state index in [1.54, 1.807) is 11.8 Å². The predicted molar refractivity (Wildman–Crippen MR) is 72.2 cm³/mol. The minimum atomic E-state index is 0.776. The highest BCUT2D eigenvalue weighted by atomic mass is 32.2. The Balaban J connectivity index is 1.64. The van der Waals surface area contributed by atoms with Crippen LogP contribution in [-0.4, -0.2) is 28.8 Å². The van der Waals surface area contributed by atoms with Gasteiger partial charge in [0.15, 0.2) is 5.16 Å². The van der Waals surface area contributed by atoms with Gasteiger partial charge in [-0.2, -0.15) is 0 Å². The molecule has 0 saturated carbocycles. The van der Waals surface area contributed by atoms with E-state index in [0.717, 1.165) is 33.5 Å². The van der Waals surface area contributed by atoms with Crippen LogP contribution < -0.4 is 11.1 Å². The smallest absolute Gasteiger partial charge is 0.166 e. The first kappa shape index (κ1) is 10.9. The van der Waals surface area contributed by atoms with Gasteiger partial charge in [0.1, 0.15) is 0 Å². The summed E-state index contributed by atoms with van der Waals surface area (Å²) < 4.78 is 0. The third kappa shape index (κ3) is 2.40. The number of thioether (sulfide) groups is 1. The molecule has 0 spiro atoms. The van der Waals surface area contributed by atoms with Crippen molar-refractivity contribution in [3.05, 3.63) is 18.2 Å². The Hall–Kier alpha value is -1.20. The largest absolute Gasteiger partial charge is 0.399 e. The normalized spacial score (nSPS) is 16.2. The second kappa shape index (κ2) is 4.58. The van der Waals surface area contributed by atoms with Crippen molar-refractivity contribution in [2.45, 2.75) is 11.6 Å². The lowest BCUT2D eigenvalue weighted by molar-refractivity contribution is 0.341. The van der Waals surface area contributed by atoms with Crippen LogP contribution in [0.4, 0.5) is 5.69 Å². The maximum atomic E-state index is 5.74. The van der Waals surface area contributed by atoms with Crippen molar-refractivity contribution >= 4 is 28.5 Å². The van der Waals surface area contributed by atoms with Crippen LogP contribution in [-0.2, 0) is 0 Å². The van der Waals surface area contributed by atoms with Crippen molar-refractivity contribution < 1.29 is 0 Å². The fourth-order valence-electron chi connectivity index (χ4n) is 1.95. The number of fused-ring (bicyclic) bond motifs is 1. The molecule has 1 fully saturated rings. The van der Waals surface area contributed by atoms with Gasteiger partial charge in [-0.25, -0.2) is 4.98 Å². The molecule has 4 nitrogen and oxygen atoms in total. The number of nitrogens with two attached hydrogens (primary N) is 1. The number of hydrogen-bond donors (Lipinski definition) is 3. The Morgan fingerprint density at radius 1 is 1.41 bits per heavy atom. The molecule has 1 aromatic heterocycles. The summed E-state index contributed by atoms with van der Waals surface area (Å²) >= 11 is 1.79. The molecule has 2 heterocycles. The first-order valence-electron chi connectivity index (χ1n) is 5.90. The highest BCUT2D eigenvalue weighted by Crippen LogP contribution is 2.23. The summed E-state index contributed by atoms with van der Waals surface area (Å²) in [4.78, 5) is 7.83. The van der Waals surface area contributed by atoms with E-state index in [1.807, 2.05) is 18.2 Å². The fraction of sp³-hybridized carbons (Fsp3) is 0.417. The monoisotopic (exact) mass is 248 g/mol. The van der Waals surface area contributed by atoms with Gasteiger partial charge in [-0.3, -0.25) is 0 Å². The number of nitrogens with zero attached hydrogens (tertiary/aromatic N) is 1. The number of anilines is 1. The lowest BCUT2D eigenvalue weighted by atomic mass is 10.0. The summed E-state index contributed by atoms with van der Waals surface area (Å²) in [5.74, 6) is 1.99. The molecule has 1 saturated heterocycles. The highest BCUT2D eigenvalue weighted by molar-refractivity contribution is 7.99. The van der Waals surface area contributed by atoms with Crippen LogP contribution in [0.5, 0.6) is 0 Å². The second-order valence-electron chi connectivity index (χ2n) is 4.48. The van der Waals surface area contributed by atoms with Crippen molar-refractivity contribution in [3.8, 4) is 0 Å². The number of H-pyrrole nitrogens is 1. The van der Waals surface area contributed by atoms with Crippen molar-refractivity contribution in [3.63, 3.8) is 0 Å². The fourth-order valence-corrected chi connectivity index (χ4v) is 2.94. The van der Waals surface area contributed by atoms with Crippen LogP contribution in [0.2, 0.25) is 0 Å². The zero-order valence-electron chi connectivity index (χ0n) is 9.57. The van der Waals surface area contributed by atoms with E-state index in [9.17, 15) is 0 Å². The van der Waals surface area contributed by atoms with Crippen molar-refractivity contribution in [1.82, 2.24) is 15.3 Å². The van der Waals surface area contributed by atoms with Gasteiger partial charge in [-0.1, -0.05) is 11.8 Å². The molecule has 0 aliphatic carbocycles. The van der Waals surface area contributed by atoms with Gasteiger partial charge in [-0.15, -0.1) is 0 Å². The lowest BCUT2D eigenvalue weighted by Gasteiger charge is -2.26. The van der Waals surface area contributed by atoms with Crippen molar-refractivity contribution in [2.24, 2.45) is 5.92 Å². The summed E-state index contributed by atoms with van der Waals surface area (Å²) in [7, 11) is 0.